The Balaban J connectivity index is 0.000001000. The van der Waals surface area contributed by atoms with Gasteiger partial charge < -0.3 is 14.7 Å². The molecule has 0 aliphatic carbocycles. The van der Waals surface area contributed by atoms with Crippen LogP contribution in [0, 0.1) is 0 Å². The van der Waals surface area contributed by atoms with Crippen molar-refractivity contribution in [2.24, 2.45) is 0 Å². The van der Waals surface area contributed by atoms with Crippen LogP contribution in [0.5, 0.6) is 0 Å². The Labute approximate surface area is 67.8 Å². The highest BCUT2D eigenvalue weighted by Crippen LogP contribution is 1.93. The van der Waals surface area contributed by atoms with Crippen LogP contribution in [0.15, 0.2) is 12.4 Å². The molecule has 0 amide bonds. The first-order chi connectivity index (χ1) is 4.83. The molecule has 1 aromatic heterocycles. The maximum Gasteiger partial charge on any atom is 0.332 e. The summed E-state index contributed by atoms with van der Waals surface area (Å²) in [4.78, 5) is 17.0. The summed E-state index contributed by atoms with van der Waals surface area (Å²) in [6, 6.07) is 0. The highest BCUT2D eigenvalue weighted by molar-refractivity contribution is 6.13. The zero-order valence-corrected chi connectivity index (χ0v) is 6.26. The Kier molecular flexibility index (Phi) is 4.24. The predicted octanol–water partition coefficient (Wildman–Crippen LogP) is -0.176. The van der Waals surface area contributed by atoms with E-state index in [-0.39, 0.29) is 11.9 Å². The monoisotopic (exact) mass is 178 g/mol. The third kappa shape index (κ3) is 3.01. The second-order valence-electron chi connectivity index (χ2n) is 1.66. The van der Waals surface area contributed by atoms with E-state index in [1.807, 2.05) is 0 Å². The fraction of sp³-hybridized carbons (Fsp3) is 0.200. The number of aromatic amines is 1. The molecule has 1 rings (SSSR count). The molecule has 0 atom stereocenters. The maximum absolute atomic E-state index is 10.5. The molecule has 0 fully saturated rings. The predicted molar refractivity (Wildman–Crippen MR) is 37.9 cm³/mol. The summed E-state index contributed by atoms with van der Waals surface area (Å²) in [5.41, 5.74) is 0. The molecule has 1 aromatic rings. The molecule has 62 valence electrons. The Bertz CT molecular complexity index is 212. The molecule has 3 N–H and O–H groups in total. The molecular weight excluding hydrogens is 172 g/mol. The van der Waals surface area contributed by atoms with Gasteiger partial charge in [-0.15, -0.1) is 0 Å². The molecule has 1 heterocycles. The molecule has 0 aliphatic rings. The van der Waals surface area contributed by atoms with Crippen molar-refractivity contribution in [2.75, 3.05) is 0 Å². The summed E-state index contributed by atoms with van der Waals surface area (Å²) >= 11 is 4.78. The molecule has 0 bridgehead atoms. The maximum atomic E-state index is 10.5. The number of hydrogen-bond donors (Lipinski definition) is 1. The van der Waals surface area contributed by atoms with Crippen LogP contribution in [0.4, 0.5) is 0 Å². The molecule has 5 nitrogen and oxygen atoms in total. The van der Waals surface area contributed by atoms with Gasteiger partial charge in [0.1, 0.15) is 24.1 Å². The van der Waals surface area contributed by atoms with E-state index in [4.69, 9.17) is 11.9 Å². The number of nitrogens with zero attached hydrogens (tertiary/aromatic N) is 1. The smallest absolute Gasteiger partial charge is 0.332 e. The second-order valence-corrected chi connectivity index (χ2v) is 1.82. The average molecular weight is 179 g/mol. The topological polar surface area (TPSA) is 86.5 Å². The summed E-state index contributed by atoms with van der Waals surface area (Å²) in [6.45, 7) is 0. The van der Waals surface area contributed by atoms with Crippen molar-refractivity contribution in [3.63, 3.8) is 0 Å². The standard InChI is InChI=1S/C5H5ClN2O2.H2O/c6-10-5(9)3-4-7-1-2-8-4;/h1-2H,3H2,(H,7,8);1H2. The lowest BCUT2D eigenvalue weighted by molar-refractivity contribution is -0.133. The molecule has 0 spiro atoms. The van der Waals surface area contributed by atoms with E-state index in [0.29, 0.717) is 5.82 Å². The number of hydrogen-bond acceptors (Lipinski definition) is 3. The highest BCUT2D eigenvalue weighted by atomic mass is 35.5. The largest absolute Gasteiger partial charge is 0.412 e. The Morgan fingerprint density at radius 1 is 1.82 bits per heavy atom. The molecule has 0 saturated carbocycles. The number of imidazole rings is 1. The summed E-state index contributed by atoms with van der Waals surface area (Å²) < 4.78 is 3.90. The number of aromatic nitrogens is 2. The molecule has 0 aromatic carbocycles. The highest BCUT2D eigenvalue weighted by Gasteiger charge is 2.04. The van der Waals surface area contributed by atoms with Crippen LogP contribution in [-0.2, 0) is 15.5 Å². The van der Waals surface area contributed by atoms with Gasteiger partial charge in [-0.2, -0.15) is 0 Å². The molecule has 0 unspecified atom stereocenters. The minimum atomic E-state index is -0.517. The van der Waals surface area contributed by atoms with E-state index in [1.54, 1.807) is 12.4 Å². The van der Waals surface area contributed by atoms with Crippen molar-refractivity contribution in [3.8, 4) is 0 Å². The van der Waals surface area contributed by atoms with Gasteiger partial charge >= 0.3 is 5.97 Å². The van der Waals surface area contributed by atoms with E-state index in [9.17, 15) is 4.79 Å². The third-order valence-electron chi connectivity index (χ3n) is 0.953. The van der Waals surface area contributed by atoms with Crippen molar-refractivity contribution >= 4 is 17.8 Å². The van der Waals surface area contributed by atoms with Gasteiger partial charge in [0, 0.05) is 12.4 Å². The lowest BCUT2D eigenvalue weighted by Crippen LogP contribution is -2.02. The van der Waals surface area contributed by atoms with E-state index in [1.165, 1.54) is 0 Å². The second kappa shape index (κ2) is 4.70. The van der Waals surface area contributed by atoms with E-state index in [2.05, 4.69) is 14.3 Å². The summed E-state index contributed by atoms with van der Waals surface area (Å²) in [5.74, 6) is 0.0299. The molecule has 6 heteroatoms. The minimum Gasteiger partial charge on any atom is -0.412 e. The zero-order chi connectivity index (χ0) is 7.40. The van der Waals surface area contributed by atoms with Crippen molar-refractivity contribution in [1.82, 2.24) is 9.97 Å². The van der Waals surface area contributed by atoms with Crippen LogP contribution in [0.3, 0.4) is 0 Å². The van der Waals surface area contributed by atoms with Gasteiger partial charge in [-0.25, -0.2) is 4.98 Å². The van der Waals surface area contributed by atoms with Crippen molar-refractivity contribution in [1.29, 1.82) is 0 Å². The van der Waals surface area contributed by atoms with E-state index in [0.717, 1.165) is 0 Å². The molecule has 0 saturated heterocycles. The third-order valence-corrected chi connectivity index (χ3v) is 1.12. The number of nitrogens with one attached hydrogen (secondary N) is 1. The number of rotatable bonds is 2. The van der Waals surface area contributed by atoms with Crippen LogP contribution in [0.1, 0.15) is 5.82 Å². The molecule has 0 aliphatic heterocycles. The fourth-order valence-electron chi connectivity index (χ4n) is 0.559. The first-order valence-electron chi connectivity index (χ1n) is 2.62. The van der Waals surface area contributed by atoms with Crippen molar-refractivity contribution in [3.05, 3.63) is 18.2 Å². The van der Waals surface area contributed by atoms with E-state index < -0.39 is 5.97 Å². The quantitative estimate of drug-likeness (QED) is 0.682. The van der Waals surface area contributed by atoms with Crippen LogP contribution < -0.4 is 0 Å². The van der Waals surface area contributed by atoms with Gasteiger partial charge in [0.2, 0.25) is 0 Å². The minimum absolute atomic E-state index is 0. The van der Waals surface area contributed by atoms with Gasteiger partial charge in [-0.1, -0.05) is 0 Å². The van der Waals surface area contributed by atoms with Crippen LogP contribution >= 0.6 is 11.9 Å². The first kappa shape index (κ1) is 9.93. The fourth-order valence-corrected chi connectivity index (χ4v) is 0.613. The summed E-state index contributed by atoms with van der Waals surface area (Å²) in [5, 5.41) is 0. The van der Waals surface area contributed by atoms with Crippen molar-refractivity contribution < 1.29 is 14.6 Å². The van der Waals surface area contributed by atoms with Crippen LogP contribution in [0.25, 0.3) is 0 Å². The first-order valence-corrected chi connectivity index (χ1v) is 2.93. The van der Waals surface area contributed by atoms with Gasteiger partial charge in [0.05, 0.1) is 0 Å². The number of H-pyrrole nitrogens is 1. The lowest BCUT2D eigenvalue weighted by Gasteiger charge is -1.89. The van der Waals surface area contributed by atoms with Gasteiger partial charge in [0.15, 0.2) is 0 Å². The summed E-state index contributed by atoms with van der Waals surface area (Å²) in [7, 11) is 0. The zero-order valence-electron chi connectivity index (χ0n) is 5.50. The van der Waals surface area contributed by atoms with E-state index >= 15 is 0 Å². The van der Waals surface area contributed by atoms with Gasteiger partial charge in [0.25, 0.3) is 0 Å². The van der Waals surface area contributed by atoms with Gasteiger partial charge in [-0.05, 0) is 0 Å². The Morgan fingerprint density at radius 2 is 2.55 bits per heavy atom. The number of carbonyl (C=O) groups excluding carboxylic acids is 1. The lowest BCUT2D eigenvalue weighted by atomic mass is 10.4. The molecule has 0 radical (unpaired) electrons. The normalized spacial score (nSPS) is 8.45. The SMILES string of the molecule is O.O=C(Cc1ncc[nH]1)OCl. The molecular formula is C5H7ClN2O3. The van der Waals surface area contributed by atoms with Crippen LogP contribution in [-0.4, -0.2) is 21.4 Å². The van der Waals surface area contributed by atoms with Crippen molar-refractivity contribution in [2.45, 2.75) is 6.42 Å². The molecule has 11 heavy (non-hydrogen) atoms. The summed E-state index contributed by atoms with van der Waals surface area (Å²) in [6.07, 6.45) is 3.25. The average Bonchev–Trinajstić information content (AvgIpc) is 2.40. The Hall–Kier alpha value is -1.07. The number of halogens is 1. The number of carbonyl (C=O) groups is 1. The van der Waals surface area contributed by atoms with Gasteiger partial charge in [-0.3, -0.25) is 4.79 Å². The Morgan fingerprint density at radius 3 is 3.00 bits per heavy atom. The van der Waals surface area contributed by atoms with Crippen LogP contribution in [0.2, 0.25) is 0 Å².